The normalized spacial score (nSPS) is 18.0. The van der Waals surface area contributed by atoms with E-state index in [9.17, 15) is 4.39 Å². The maximum Gasteiger partial charge on any atom is 0.151 e. The molecular formula is C20H21FN6. The van der Waals surface area contributed by atoms with Gasteiger partial charge in [0.1, 0.15) is 18.0 Å². The van der Waals surface area contributed by atoms with E-state index in [0.717, 1.165) is 48.8 Å². The van der Waals surface area contributed by atoms with Gasteiger partial charge < -0.3 is 9.47 Å². The number of halogens is 1. The predicted molar refractivity (Wildman–Crippen MR) is 99.9 cm³/mol. The van der Waals surface area contributed by atoms with Crippen LogP contribution in [0.25, 0.3) is 11.3 Å². The van der Waals surface area contributed by atoms with Crippen LogP contribution in [-0.2, 0) is 0 Å². The zero-order valence-corrected chi connectivity index (χ0v) is 15.0. The molecule has 5 rings (SSSR count). The van der Waals surface area contributed by atoms with Gasteiger partial charge >= 0.3 is 0 Å². The van der Waals surface area contributed by atoms with Gasteiger partial charge in [-0.05, 0) is 62.1 Å². The lowest BCUT2D eigenvalue weighted by Crippen LogP contribution is -2.34. The zero-order valence-electron chi connectivity index (χ0n) is 15.0. The SMILES string of the molecule is Fc1ccc(-c2ccc(N3CCC(c4nncn4C4CC4)CC3)nn2)cc1. The maximum atomic E-state index is 13.1. The van der Waals surface area contributed by atoms with Gasteiger partial charge in [0.05, 0.1) is 5.69 Å². The van der Waals surface area contributed by atoms with Crippen LogP contribution in [0.15, 0.2) is 42.7 Å². The fourth-order valence-electron chi connectivity index (χ4n) is 3.81. The molecule has 3 heterocycles. The molecule has 6 nitrogen and oxygen atoms in total. The lowest BCUT2D eigenvalue weighted by molar-refractivity contribution is 0.462. The van der Waals surface area contributed by atoms with Gasteiger partial charge in [-0.1, -0.05) is 0 Å². The van der Waals surface area contributed by atoms with E-state index >= 15 is 0 Å². The Morgan fingerprint density at radius 1 is 0.852 bits per heavy atom. The molecule has 1 saturated carbocycles. The summed E-state index contributed by atoms with van der Waals surface area (Å²) in [6.07, 6.45) is 6.48. The summed E-state index contributed by atoms with van der Waals surface area (Å²) in [5.74, 6) is 2.26. The van der Waals surface area contributed by atoms with E-state index in [1.165, 1.54) is 25.0 Å². The molecule has 1 saturated heterocycles. The summed E-state index contributed by atoms with van der Waals surface area (Å²) in [5.41, 5.74) is 1.62. The van der Waals surface area contributed by atoms with Crippen LogP contribution >= 0.6 is 0 Å². The summed E-state index contributed by atoms with van der Waals surface area (Å²) in [5, 5.41) is 17.2. The van der Waals surface area contributed by atoms with Gasteiger partial charge in [0.2, 0.25) is 0 Å². The van der Waals surface area contributed by atoms with Gasteiger partial charge in [-0.25, -0.2) is 4.39 Å². The first kappa shape index (κ1) is 16.4. The summed E-state index contributed by atoms with van der Waals surface area (Å²) in [7, 11) is 0. The Labute approximate surface area is 157 Å². The number of hydrogen-bond acceptors (Lipinski definition) is 5. The van der Waals surface area contributed by atoms with Crippen LogP contribution in [0.2, 0.25) is 0 Å². The molecule has 2 fully saturated rings. The second kappa shape index (κ2) is 6.72. The van der Waals surface area contributed by atoms with Gasteiger partial charge in [-0.3, -0.25) is 0 Å². The first-order chi connectivity index (χ1) is 13.3. The second-order valence-corrected chi connectivity index (χ2v) is 7.37. The summed E-state index contributed by atoms with van der Waals surface area (Å²) in [6.45, 7) is 1.87. The highest BCUT2D eigenvalue weighted by Gasteiger charge is 2.31. The van der Waals surface area contributed by atoms with E-state index < -0.39 is 0 Å². The average molecular weight is 364 g/mol. The molecule has 2 aliphatic rings. The topological polar surface area (TPSA) is 59.7 Å². The zero-order chi connectivity index (χ0) is 18.2. The summed E-state index contributed by atoms with van der Waals surface area (Å²) in [6, 6.07) is 10.9. The van der Waals surface area contributed by atoms with E-state index in [-0.39, 0.29) is 5.82 Å². The van der Waals surface area contributed by atoms with Crippen molar-refractivity contribution in [3.8, 4) is 11.3 Å². The summed E-state index contributed by atoms with van der Waals surface area (Å²) >= 11 is 0. The summed E-state index contributed by atoms with van der Waals surface area (Å²) in [4.78, 5) is 2.27. The highest BCUT2D eigenvalue weighted by molar-refractivity contribution is 5.59. The molecular weight excluding hydrogens is 343 g/mol. The van der Waals surface area contributed by atoms with Crippen LogP contribution in [0.1, 0.15) is 43.5 Å². The number of aromatic nitrogens is 5. The highest BCUT2D eigenvalue weighted by atomic mass is 19.1. The van der Waals surface area contributed by atoms with Crippen molar-refractivity contribution in [1.29, 1.82) is 0 Å². The van der Waals surface area contributed by atoms with E-state index in [0.29, 0.717) is 12.0 Å². The van der Waals surface area contributed by atoms with Crippen molar-refractivity contribution >= 4 is 5.82 Å². The average Bonchev–Trinajstić information content (AvgIpc) is 3.45. The minimum Gasteiger partial charge on any atom is -0.355 e. The lowest BCUT2D eigenvalue weighted by Gasteiger charge is -2.32. The molecule has 0 atom stereocenters. The lowest BCUT2D eigenvalue weighted by atomic mass is 9.96. The number of benzene rings is 1. The third kappa shape index (κ3) is 3.29. The number of piperidine rings is 1. The molecule has 1 aromatic carbocycles. The first-order valence-corrected chi connectivity index (χ1v) is 9.52. The van der Waals surface area contributed by atoms with Gasteiger partial charge in [0.15, 0.2) is 5.82 Å². The van der Waals surface area contributed by atoms with Crippen molar-refractivity contribution in [2.24, 2.45) is 0 Å². The van der Waals surface area contributed by atoms with E-state index in [1.807, 2.05) is 18.5 Å². The number of nitrogens with zero attached hydrogens (tertiary/aromatic N) is 6. The van der Waals surface area contributed by atoms with Crippen molar-refractivity contribution in [3.05, 3.63) is 54.4 Å². The number of anilines is 1. The smallest absolute Gasteiger partial charge is 0.151 e. The van der Waals surface area contributed by atoms with Gasteiger partial charge in [-0.2, -0.15) is 0 Å². The van der Waals surface area contributed by atoms with Crippen LogP contribution in [0.3, 0.4) is 0 Å². The molecule has 0 N–H and O–H groups in total. The molecule has 1 aliphatic heterocycles. The minimum atomic E-state index is -0.247. The monoisotopic (exact) mass is 364 g/mol. The second-order valence-electron chi connectivity index (χ2n) is 7.37. The molecule has 27 heavy (non-hydrogen) atoms. The quantitative estimate of drug-likeness (QED) is 0.708. The Morgan fingerprint density at radius 2 is 1.63 bits per heavy atom. The van der Waals surface area contributed by atoms with Crippen LogP contribution in [0.4, 0.5) is 10.2 Å². The molecule has 0 unspecified atom stereocenters. The summed E-state index contributed by atoms with van der Waals surface area (Å²) < 4.78 is 15.3. The van der Waals surface area contributed by atoms with Gasteiger partial charge in [-0.15, -0.1) is 20.4 Å². The molecule has 2 aromatic heterocycles. The molecule has 0 bridgehead atoms. The molecule has 7 heteroatoms. The van der Waals surface area contributed by atoms with Crippen LogP contribution in [0.5, 0.6) is 0 Å². The Morgan fingerprint density at radius 3 is 2.30 bits per heavy atom. The molecule has 0 radical (unpaired) electrons. The molecule has 0 amide bonds. The highest BCUT2D eigenvalue weighted by Crippen LogP contribution is 2.38. The van der Waals surface area contributed by atoms with Crippen LogP contribution in [0, 0.1) is 5.82 Å². The molecule has 138 valence electrons. The largest absolute Gasteiger partial charge is 0.355 e. The third-order valence-electron chi connectivity index (χ3n) is 5.52. The number of hydrogen-bond donors (Lipinski definition) is 0. The fourth-order valence-corrected chi connectivity index (χ4v) is 3.81. The van der Waals surface area contributed by atoms with Crippen molar-refractivity contribution in [2.75, 3.05) is 18.0 Å². The van der Waals surface area contributed by atoms with Crippen molar-refractivity contribution in [2.45, 2.75) is 37.6 Å². The Kier molecular flexibility index (Phi) is 4.07. The molecule has 1 aliphatic carbocycles. The standard InChI is InChI=1S/C20H21FN6/c21-16-3-1-14(2-4-16)18-7-8-19(24-23-18)26-11-9-15(10-12-26)20-25-22-13-27(20)17-5-6-17/h1-4,7-8,13,15,17H,5-6,9-12H2. The van der Waals surface area contributed by atoms with Crippen molar-refractivity contribution in [1.82, 2.24) is 25.0 Å². The number of rotatable bonds is 4. The Hall–Kier alpha value is -2.83. The predicted octanol–water partition coefficient (Wildman–Crippen LogP) is 3.59. The van der Waals surface area contributed by atoms with Crippen LogP contribution < -0.4 is 4.90 Å². The van der Waals surface area contributed by atoms with Crippen molar-refractivity contribution < 1.29 is 4.39 Å². The van der Waals surface area contributed by atoms with E-state index in [1.54, 1.807) is 12.1 Å². The van der Waals surface area contributed by atoms with E-state index in [2.05, 4.69) is 29.9 Å². The van der Waals surface area contributed by atoms with Gasteiger partial charge in [0, 0.05) is 30.6 Å². The van der Waals surface area contributed by atoms with E-state index in [4.69, 9.17) is 0 Å². The van der Waals surface area contributed by atoms with Crippen LogP contribution in [-0.4, -0.2) is 38.1 Å². The molecule has 3 aromatic rings. The maximum absolute atomic E-state index is 13.1. The van der Waals surface area contributed by atoms with Gasteiger partial charge in [0.25, 0.3) is 0 Å². The van der Waals surface area contributed by atoms with Crippen molar-refractivity contribution in [3.63, 3.8) is 0 Å². The molecule has 0 spiro atoms. The first-order valence-electron chi connectivity index (χ1n) is 9.52. The Balaban J connectivity index is 1.25. The minimum absolute atomic E-state index is 0.247. The Bertz CT molecular complexity index is 908. The fraction of sp³-hybridized carbons (Fsp3) is 0.400. The third-order valence-corrected chi connectivity index (χ3v) is 5.52.